The number of hydrogen-bond donors (Lipinski definition) is 2. The maximum absolute atomic E-state index is 13.4. The molecule has 0 aromatic rings. The molecule has 4 unspecified atom stereocenters. The molecule has 0 aromatic heterocycles. The van der Waals surface area contributed by atoms with Crippen molar-refractivity contribution in [3.8, 4) is 0 Å². The number of hydrogen-bond acceptors (Lipinski definition) is 6. The molecule has 6 nitrogen and oxygen atoms in total. The number of aliphatic hydroxyl groups excluding tert-OH is 1. The highest BCUT2D eigenvalue weighted by Crippen LogP contribution is 2.53. The van der Waals surface area contributed by atoms with Crippen LogP contribution in [0.4, 0.5) is 0 Å². The lowest BCUT2D eigenvalue weighted by atomic mass is 9.78. The topological polar surface area (TPSA) is 72.9 Å². The highest BCUT2D eigenvalue weighted by Gasteiger charge is 2.47. The molecule has 2 aliphatic carbocycles. The van der Waals surface area contributed by atoms with Gasteiger partial charge in [0.15, 0.2) is 0 Å². The number of rotatable bonds is 6. The van der Waals surface area contributed by atoms with E-state index in [2.05, 4.69) is 43.0 Å². The van der Waals surface area contributed by atoms with E-state index >= 15 is 0 Å². The van der Waals surface area contributed by atoms with E-state index in [-0.39, 0.29) is 47.9 Å². The zero-order valence-corrected chi connectivity index (χ0v) is 25.4. The predicted molar refractivity (Wildman–Crippen MR) is 160 cm³/mol. The van der Waals surface area contributed by atoms with Gasteiger partial charge in [0.1, 0.15) is 5.76 Å². The average Bonchev–Trinajstić information content (AvgIpc) is 3.67. The van der Waals surface area contributed by atoms with Gasteiger partial charge in [0.05, 0.1) is 18.3 Å². The minimum atomic E-state index is -0.127. The van der Waals surface area contributed by atoms with Crippen LogP contribution in [0.15, 0.2) is 68.0 Å². The van der Waals surface area contributed by atoms with Crippen LogP contribution in [0.3, 0.4) is 0 Å². The molecule has 0 bridgehead atoms. The first-order valence-electron chi connectivity index (χ1n) is 13.4. The lowest BCUT2D eigenvalue weighted by Gasteiger charge is -2.31. The number of carbonyl (C=O) groups excluding carboxylic acids is 2. The van der Waals surface area contributed by atoms with E-state index in [1.807, 2.05) is 16.7 Å². The Morgan fingerprint density at radius 1 is 0.846 bits per heavy atom. The van der Waals surface area contributed by atoms with Gasteiger partial charge in [-0.05, 0) is 48.8 Å². The highest BCUT2D eigenvalue weighted by molar-refractivity contribution is 8.03. The number of aliphatic hydroxyl groups is 1. The van der Waals surface area contributed by atoms with E-state index in [0.29, 0.717) is 41.8 Å². The van der Waals surface area contributed by atoms with Crippen molar-refractivity contribution in [1.82, 2.24) is 15.1 Å². The van der Waals surface area contributed by atoms with Crippen molar-refractivity contribution in [2.45, 2.75) is 31.3 Å². The Kier molecular flexibility index (Phi) is 7.55. The van der Waals surface area contributed by atoms with Crippen LogP contribution in [0.1, 0.15) is 20.8 Å². The summed E-state index contributed by atoms with van der Waals surface area (Å²) < 4.78 is 0. The molecule has 6 atom stereocenters. The Hall–Kier alpha value is -1.58. The Morgan fingerprint density at radius 2 is 1.33 bits per heavy atom. The largest absolute Gasteiger partial charge is 0.511 e. The molecule has 0 aromatic carbocycles. The van der Waals surface area contributed by atoms with E-state index in [9.17, 15) is 14.7 Å². The number of allylic oxidation sites excluding steroid dienone is 4. The molecular formula is C29H33Cl2N3O3S2. The molecule has 0 saturated carbocycles. The van der Waals surface area contributed by atoms with E-state index in [4.69, 9.17) is 23.2 Å². The van der Waals surface area contributed by atoms with Crippen molar-refractivity contribution in [1.29, 1.82) is 0 Å². The highest BCUT2D eigenvalue weighted by atomic mass is 35.5. The molecule has 2 amide bonds. The third-order valence-electron chi connectivity index (χ3n) is 8.83. The lowest BCUT2D eigenvalue weighted by molar-refractivity contribution is -0.129. The summed E-state index contributed by atoms with van der Waals surface area (Å²) in [5.41, 5.74) is 7.99. The van der Waals surface area contributed by atoms with Crippen molar-refractivity contribution in [3.63, 3.8) is 0 Å². The third-order valence-corrected chi connectivity index (χ3v) is 12.3. The van der Waals surface area contributed by atoms with Gasteiger partial charge in [-0.2, -0.15) is 0 Å². The second kappa shape index (κ2) is 10.7. The number of thioether (sulfide) groups is 2. The summed E-state index contributed by atoms with van der Waals surface area (Å²) in [6, 6.07) is 0. The summed E-state index contributed by atoms with van der Waals surface area (Å²) in [7, 11) is 0. The number of amides is 2. The summed E-state index contributed by atoms with van der Waals surface area (Å²) in [6.45, 7) is 7.54. The van der Waals surface area contributed by atoms with Crippen LogP contribution >= 0.6 is 46.7 Å². The van der Waals surface area contributed by atoms with Crippen LogP contribution in [0.25, 0.3) is 0 Å². The van der Waals surface area contributed by atoms with Crippen LogP contribution in [-0.4, -0.2) is 75.2 Å². The van der Waals surface area contributed by atoms with Crippen molar-refractivity contribution in [2.75, 3.05) is 37.9 Å². The summed E-state index contributed by atoms with van der Waals surface area (Å²) in [6.07, 6.45) is 3.89. The number of nitrogens with one attached hydrogen (secondary N) is 1. The Morgan fingerprint density at radius 3 is 1.87 bits per heavy atom. The van der Waals surface area contributed by atoms with Crippen LogP contribution in [-0.2, 0) is 9.59 Å². The van der Waals surface area contributed by atoms with Crippen molar-refractivity contribution in [2.24, 2.45) is 23.7 Å². The van der Waals surface area contributed by atoms with Gasteiger partial charge in [0, 0.05) is 71.2 Å². The third kappa shape index (κ3) is 4.45. The van der Waals surface area contributed by atoms with Gasteiger partial charge in [-0.3, -0.25) is 14.9 Å². The number of carbonyl (C=O) groups is 2. The molecule has 208 valence electrons. The van der Waals surface area contributed by atoms with Crippen LogP contribution in [0.5, 0.6) is 0 Å². The fraction of sp³-hybridized carbons (Fsp3) is 0.517. The molecule has 6 aliphatic rings. The molecule has 39 heavy (non-hydrogen) atoms. The Labute approximate surface area is 248 Å². The van der Waals surface area contributed by atoms with Gasteiger partial charge in [-0.15, -0.1) is 46.7 Å². The minimum absolute atomic E-state index is 0.0283. The van der Waals surface area contributed by atoms with Crippen LogP contribution < -0.4 is 5.32 Å². The zero-order valence-electron chi connectivity index (χ0n) is 22.2. The second-order valence-corrected chi connectivity index (χ2v) is 13.9. The predicted octanol–water partition coefficient (Wildman–Crippen LogP) is 5.16. The van der Waals surface area contributed by atoms with Gasteiger partial charge in [0.25, 0.3) is 0 Å². The first-order valence-corrected chi connectivity index (χ1v) is 16.3. The normalized spacial score (nSPS) is 32.9. The van der Waals surface area contributed by atoms with Gasteiger partial charge in [0.2, 0.25) is 11.8 Å². The van der Waals surface area contributed by atoms with Gasteiger partial charge in [-0.25, -0.2) is 0 Å². The first kappa shape index (κ1) is 27.6. The first-order chi connectivity index (χ1) is 18.7. The lowest BCUT2D eigenvalue weighted by Crippen LogP contribution is -2.42. The van der Waals surface area contributed by atoms with E-state index < -0.39 is 0 Å². The Balaban J connectivity index is 1.14. The maximum Gasteiger partial charge on any atom is 0.240 e. The Bertz CT molecular complexity index is 1220. The van der Waals surface area contributed by atoms with Gasteiger partial charge >= 0.3 is 0 Å². The molecule has 0 spiro atoms. The van der Waals surface area contributed by atoms with Crippen LogP contribution in [0.2, 0.25) is 0 Å². The monoisotopic (exact) mass is 605 g/mol. The number of alkyl halides is 2. The van der Waals surface area contributed by atoms with Crippen molar-refractivity contribution >= 4 is 58.5 Å². The summed E-state index contributed by atoms with van der Waals surface area (Å²) >= 11 is 16.2. The number of fused-ring (bicyclic) bond motifs is 4. The summed E-state index contributed by atoms with van der Waals surface area (Å²) in [5.74, 6) is 1.56. The molecule has 0 saturated heterocycles. The fourth-order valence-electron chi connectivity index (χ4n) is 7.01. The SMILES string of the molecule is CC1=CC2=C(C3C(C)=CSC13)[C@H](CCl)CN2C(=O)CNCC(=O)N1C[C@@H](CCl)C2=C1C=C(O)C1SC=C(C)C21. The molecular weight excluding hydrogens is 573 g/mol. The van der Waals surface area contributed by atoms with Crippen molar-refractivity contribution < 1.29 is 14.7 Å². The summed E-state index contributed by atoms with van der Waals surface area (Å²) in [5, 5.41) is 18.5. The standard InChI is InChI=1S/C29H33Cl2N3O3S2/c1-14-4-19-26(24-15(2)12-38-28(14)24)17(6-30)10-33(19)22(36)8-32-9-23(37)34-11-18(7-31)27-20(34)5-21(35)29-25(27)16(3)13-39-29/h4-5,12-13,17-18,24-25,28-29,32,35H,6-11H2,1-3H3/t17-,18-,24?,25?,28?,29?/m1/s1. The molecule has 6 rings (SSSR count). The molecule has 2 N–H and O–H groups in total. The molecule has 10 heteroatoms. The number of nitrogens with zero attached hydrogens (tertiary/aromatic N) is 2. The van der Waals surface area contributed by atoms with E-state index in [1.54, 1.807) is 22.7 Å². The smallest absolute Gasteiger partial charge is 0.240 e. The number of halogens is 2. The summed E-state index contributed by atoms with van der Waals surface area (Å²) in [4.78, 5) is 30.3. The molecule has 0 fully saturated rings. The van der Waals surface area contributed by atoms with E-state index in [0.717, 1.165) is 17.0 Å². The maximum atomic E-state index is 13.4. The molecule has 4 heterocycles. The van der Waals surface area contributed by atoms with E-state index in [1.165, 1.54) is 22.3 Å². The van der Waals surface area contributed by atoms with Crippen LogP contribution in [0, 0.1) is 23.7 Å². The van der Waals surface area contributed by atoms with Crippen molar-refractivity contribution in [3.05, 3.63) is 68.0 Å². The van der Waals surface area contributed by atoms with Gasteiger partial charge < -0.3 is 14.9 Å². The van der Waals surface area contributed by atoms with Gasteiger partial charge in [-0.1, -0.05) is 16.7 Å². The average molecular weight is 607 g/mol. The molecule has 0 radical (unpaired) electrons. The minimum Gasteiger partial charge on any atom is -0.511 e. The molecule has 4 aliphatic heterocycles. The quantitative estimate of drug-likeness (QED) is 0.407. The zero-order chi connectivity index (χ0) is 27.6. The fourth-order valence-corrected chi connectivity index (χ4v) is 10.1. The second-order valence-electron chi connectivity index (χ2n) is 11.2.